The summed E-state index contributed by atoms with van der Waals surface area (Å²) in [6, 6.07) is 3.93. The van der Waals surface area contributed by atoms with E-state index >= 15 is 0 Å². The van der Waals surface area contributed by atoms with Crippen molar-refractivity contribution in [2.45, 2.75) is 5.92 Å². The van der Waals surface area contributed by atoms with Crippen LogP contribution in [0, 0.1) is 0 Å². The van der Waals surface area contributed by atoms with E-state index in [1.165, 1.54) is 12.1 Å². The van der Waals surface area contributed by atoms with Gasteiger partial charge in [0.15, 0.2) is 5.92 Å². The Hall–Kier alpha value is -1.89. The van der Waals surface area contributed by atoms with Crippen molar-refractivity contribution in [1.29, 1.82) is 0 Å². The topological polar surface area (TPSA) is 112 Å². The molecule has 0 amide bonds. The van der Waals surface area contributed by atoms with Gasteiger partial charge in [-0.1, -0.05) is 22.0 Å². The Morgan fingerprint density at radius 1 is 1.06 bits per heavy atom. The van der Waals surface area contributed by atoms with Gasteiger partial charge in [-0.3, -0.25) is 9.59 Å². The van der Waals surface area contributed by atoms with E-state index in [1.807, 2.05) is 0 Å². The van der Waals surface area contributed by atoms with Gasteiger partial charge >= 0.3 is 17.9 Å². The van der Waals surface area contributed by atoms with Crippen molar-refractivity contribution in [1.82, 2.24) is 0 Å². The highest BCUT2D eigenvalue weighted by Gasteiger charge is 2.33. The average Bonchev–Trinajstić information content (AvgIpc) is 2.19. The molecule has 0 radical (unpaired) electrons. The predicted octanol–water partition coefficient (Wildman–Crippen LogP) is 1.40. The average molecular weight is 303 g/mol. The van der Waals surface area contributed by atoms with E-state index < -0.39 is 23.8 Å². The molecule has 17 heavy (non-hydrogen) atoms. The van der Waals surface area contributed by atoms with E-state index in [9.17, 15) is 14.4 Å². The first-order valence-corrected chi connectivity index (χ1v) is 5.13. The van der Waals surface area contributed by atoms with E-state index in [1.54, 1.807) is 0 Å². The van der Waals surface area contributed by atoms with Crippen molar-refractivity contribution >= 4 is 33.8 Å². The van der Waals surface area contributed by atoms with Crippen LogP contribution in [0.4, 0.5) is 0 Å². The van der Waals surface area contributed by atoms with Gasteiger partial charge in [0.05, 0.1) is 5.56 Å². The van der Waals surface area contributed by atoms with Gasteiger partial charge in [0.2, 0.25) is 0 Å². The molecule has 0 heterocycles. The zero-order chi connectivity index (χ0) is 13.2. The summed E-state index contributed by atoms with van der Waals surface area (Å²) in [6.07, 6.45) is 0. The number of benzene rings is 1. The molecule has 1 rings (SSSR count). The molecule has 6 nitrogen and oxygen atoms in total. The first kappa shape index (κ1) is 13.2. The van der Waals surface area contributed by atoms with Crippen molar-refractivity contribution < 1.29 is 29.7 Å². The van der Waals surface area contributed by atoms with Crippen LogP contribution in [0.15, 0.2) is 22.7 Å². The molecule has 0 saturated heterocycles. The van der Waals surface area contributed by atoms with Gasteiger partial charge in [-0.25, -0.2) is 4.79 Å². The number of hydrogen-bond acceptors (Lipinski definition) is 3. The van der Waals surface area contributed by atoms with Crippen LogP contribution < -0.4 is 0 Å². The highest BCUT2D eigenvalue weighted by Crippen LogP contribution is 2.29. The van der Waals surface area contributed by atoms with Crippen LogP contribution in [-0.4, -0.2) is 33.2 Å². The Morgan fingerprint density at radius 3 is 2.00 bits per heavy atom. The third kappa shape index (κ3) is 2.62. The first-order valence-electron chi connectivity index (χ1n) is 4.33. The number of carbonyl (C=O) groups is 3. The zero-order valence-electron chi connectivity index (χ0n) is 8.25. The molecule has 1 aromatic rings. The summed E-state index contributed by atoms with van der Waals surface area (Å²) in [5.74, 6) is -6.54. The molecule has 0 fully saturated rings. The van der Waals surface area contributed by atoms with Crippen molar-refractivity contribution in [3.63, 3.8) is 0 Å². The van der Waals surface area contributed by atoms with Crippen molar-refractivity contribution in [2.75, 3.05) is 0 Å². The SMILES string of the molecule is O=C(O)c1cccc(Br)c1C(C(=O)O)C(=O)O. The lowest BCUT2D eigenvalue weighted by Gasteiger charge is -2.12. The summed E-state index contributed by atoms with van der Waals surface area (Å²) in [5, 5.41) is 26.6. The highest BCUT2D eigenvalue weighted by atomic mass is 79.9. The van der Waals surface area contributed by atoms with Crippen LogP contribution in [0.5, 0.6) is 0 Å². The van der Waals surface area contributed by atoms with Gasteiger partial charge in [-0.2, -0.15) is 0 Å². The van der Waals surface area contributed by atoms with Gasteiger partial charge in [0.25, 0.3) is 0 Å². The highest BCUT2D eigenvalue weighted by molar-refractivity contribution is 9.10. The quantitative estimate of drug-likeness (QED) is 0.725. The molecule has 7 heteroatoms. The maximum Gasteiger partial charge on any atom is 0.336 e. The third-order valence-electron chi connectivity index (χ3n) is 2.07. The summed E-state index contributed by atoms with van der Waals surface area (Å²) in [6.45, 7) is 0. The summed E-state index contributed by atoms with van der Waals surface area (Å²) in [4.78, 5) is 32.7. The molecule has 90 valence electrons. The fourth-order valence-electron chi connectivity index (χ4n) is 1.37. The van der Waals surface area contributed by atoms with E-state index in [-0.39, 0.29) is 15.6 Å². The van der Waals surface area contributed by atoms with E-state index in [4.69, 9.17) is 15.3 Å². The molecule has 0 aliphatic heterocycles. The van der Waals surface area contributed by atoms with Gasteiger partial charge < -0.3 is 15.3 Å². The molecular weight excluding hydrogens is 296 g/mol. The maximum atomic E-state index is 10.9. The van der Waals surface area contributed by atoms with E-state index in [0.29, 0.717) is 0 Å². The number of halogens is 1. The predicted molar refractivity (Wildman–Crippen MR) is 59.1 cm³/mol. The van der Waals surface area contributed by atoms with Crippen LogP contribution in [0.3, 0.4) is 0 Å². The maximum absolute atomic E-state index is 10.9. The van der Waals surface area contributed by atoms with E-state index in [2.05, 4.69) is 15.9 Å². The molecule has 1 aromatic carbocycles. The van der Waals surface area contributed by atoms with Gasteiger partial charge in [-0.15, -0.1) is 0 Å². The molecule has 0 saturated carbocycles. The molecule has 0 aliphatic carbocycles. The van der Waals surface area contributed by atoms with Crippen molar-refractivity contribution in [3.05, 3.63) is 33.8 Å². The summed E-state index contributed by atoms with van der Waals surface area (Å²) < 4.78 is 0.132. The Balaban J connectivity index is 3.51. The van der Waals surface area contributed by atoms with Crippen molar-refractivity contribution in [3.8, 4) is 0 Å². The smallest absolute Gasteiger partial charge is 0.336 e. The molecule has 0 aliphatic rings. The number of carboxylic acid groups (broad SMARTS) is 3. The lowest BCUT2D eigenvalue weighted by molar-refractivity contribution is -0.150. The van der Waals surface area contributed by atoms with Crippen LogP contribution in [0.25, 0.3) is 0 Å². The number of carboxylic acids is 3. The normalized spacial score (nSPS) is 10.2. The van der Waals surface area contributed by atoms with Crippen LogP contribution >= 0.6 is 15.9 Å². The fraction of sp³-hybridized carbons (Fsp3) is 0.100. The standard InChI is InChI=1S/C10H7BrO6/c11-5-3-1-2-4(8(12)13)6(5)7(9(14)15)10(16)17/h1-3,7H,(H,12,13)(H,14,15)(H,16,17). The van der Waals surface area contributed by atoms with Crippen LogP contribution in [0.2, 0.25) is 0 Å². The number of aliphatic carboxylic acids is 2. The fourth-order valence-corrected chi connectivity index (χ4v) is 1.96. The first-order chi connectivity index (χ1) is 7.86. The lowest BCUT2D eigenvalue weighted by atomic mass is 9.94. The monoisotopic (exact) mass is 302 g/mol. The second-order valence-corrected chi connectivity index (χ2v) is 3.97. The Morgan fingerprint density at radius 2 is 1.59 bits per heavy atom. The minimum absolute atomic E-state index is 0.132. The molecular formula is C10H7BrO6. The minimum Gasteiger partial charge on any atom is -0.480 e. The summed E-state index contributed by atoms with van der Waals surface area (Å²) >= 11 is 2.96. The Kier molecular flexibility index (Phi) is 3.84. The molecule has 0 spiro atoms. The molecule has 0 bridgehead atoms. The van der Waals surface area contributed by atoms with Crippen molar-refractivity contribution in [2.24, 2.45) is 0 Å². The minimum atomic E-state index is -1.92. The molecule has 0 unspecified atom stereocenters. The second kappa shape index (κ2) is 4.96. The Labute approximate surface area is 104 Å². The largest absolute Gasteiger partial charge is 0.480 e. The molecule has 0 atom stereocenters. The molecule has 3 N–H and O–H groups in total. The molecule has 0 aromatic heterocycles. The van der Waals surface area contributed by atoms with Gasteiger partial charge in [0, 0.05) is 10.0 Å². The van der Waals surface area contributed by atoms with E-state index in [0.717, 1.165) is 6.07 Å². The van der Waals surface area contributed by atoms with Crippen LogP contribution in [-0.2, 0) is 9.59 Å². The Bertz CT molecular complexity index is 482. The number of rotatable bonds is 4. The lowest BCUT2D eigenvalue weighted by Crippen LogP contribution is -2.24. The van der Waals surface area contributed by atoms with Crippen LogP contribution in [0.1, 0.15) is 21.8 Å². The van der Waals surface area contributed by atoms with Gasteiger partial charge in [0.1, 0.15) is 0 Å². The third-order valence-corrected chi connectivity index (χ3v) is 2.76. The van der Waals surface area contributed by atoms with Gasteiger partial charge in [-0.05, 0) is 12.1 Å². The zero-order valence-corrected chi connectivity index (χ0v) is 9.84. The summed E-state index contributed by atoms with van der Waals surface area (Å²) in [5.41, 5.74) is -0.630. The summed E-state index contributed by atoms with van der Waals surface area (Å²) in [7, 11) is 0. The number of hydrogen-bond donors (Lipinski definition) is 3. The number of aromatic carboxylic acids is 1. The second-order valence-electron chi connectivity index (χ2n) is 3.12.